The molecule has 302 valence electrons. The SMILES string of the molecule is CCC1(CC)CC(=O)N([C@@H]2C[C@@H](COCCOCCOCCNC(=O)OC(C)(C)C)Oc3ccc(C(=O)N[C@H]4CC(C)(C)Oc5ccccc54)cc32)C(N)=N1. The zero-order chi connectivity index (χ0) is 39.8. The number of carbonyl (C=O) groups is 3. The lowest BCUT2D eigenvalue weighted by Gasteiger charge is -2.43. The van der Waals surface area contributed by atoms with Gasteiger partial charge in [0.1, 0.15) is 28.8 Å². The van der Waals surface area contributed by atoms with Crippen LogP contribution in [0.2, 0.25) is 0 Å². The molecule has 0 bridgehead atoms. The Morgan fingerprint density at radius 1 is 0.964 bits per heavy atom. The van der Waals surface area contributed by atoms with Crippen LogP contribution in [0.4, 0.5) is 4.79 Å². The van der Waals surface area contributed by atoms with Gasteiger partial charge in [-0.3, -0.25) is 14.5 Å². The number of aliphatic imine (C=N–C) groups is 1. The molecule has 0 saturated carbocycles. The van der Waals surface area contributed by atoms with Crippen molar-refractivity contribution in [3.8, 4) is 11.5 Å². The van der Waals surface area contributed by atoms with Gasteiger partial charge in [0.15, 0.2) is 5.96 Å². The van der Waals surface area contributed by atoms with Gasteiger partial charge in [-0.2, -0.15) is 0 Å². The predicted octanol–water partition coefficient (Wildman–Crippen LogP) is 5.59. The molecule has 3 heterocycles. The first-order valence-electron chi connectivity index (χ1n) is 19.4. The summed E-state index contributed by atoms with van der Waals surface area (Å²) in [4.78, 5) is 45.9. The molecule has 0 saturated heterocycles. The van der Waals surface area contributed by atoms with Gasteiger partial charge in [-0.05, 0) is 71.7 Å². The Hall–Kier alpha value is -4.40. The molecule has 3 aliphatic heterocycles. The number of alkyl carbamates (subject to hydrolysis) is 1. The second-order valence-electron chi connectivity index (χ2n) is 15.9. The molecule has 14 nitrogen and oxygen atoms in total. The predicted molar refractivity (Wildman–Crippen MR) is 207 cm³/mol. The van der Waals surface area contributed by atoms with E-state index in [9.17, 15) is 14.4 Å². The van der Waals surface area contributed by atoms with E-state index in [1.54, 1.807) is 43.9 Å². The lowest BCUT2D eigenvalue weighted by atomic mass is 9.86. The fourth-order valence-electron chi connectivity index (χ4n) is 7.20. The molecule has 2 aromatic rings. The molecule has 0 unspecified atom stereocenters. The molecule has 0 fully saturated rings. The first-order chi connectivity index (χ1) is 26.1. The highest BCUT2D eigenvalue weighted by Gasteiger charge is 2.43. The zero-order valence-electron chi connectivity index (χ0n) is 33.4. The van der Waals surface area contributed by atoms with Crippen molar-refractivity contribution in [1.29, 1.82) is 0 Å². The number of benzene rings is 2. The van der Waals surface area contributed by atoms with E-state index in [1.807, 2.05) is 52.0 Å². The van der Waals surface area contributed by atoms with Gasteiger partial charge in [0.2, 0.25) is 5.91 Å². The normalized spacial score (nSPS) is 21.3. The Bertz CT molecular complexity index is 1690. The van der Waals surface area contributed by atoms with Gasteiger partial charge in [0.05, 0.1) is 63.7 Å². The van der Waals surface area contributed by atoms with Crippen LogP contribution < -0.4 is 25.8 Å². The maximum Gasteiger partial charge on any atom is 0.407 e. The van der Waals surface area contributed by atoms with Crippen LogP contribution in [0.3, 0.4) is 0 Å². The number of amides is 3. The van der Waals surface area contributed by atoms with E-state index >= 15 is 0 Å². The van der Waals surface area contributed by atoms with Gasteiger partial charge in [0, 0.05) is 36.1 Å². The Labute approximate surface area is 324 Å². The Morgan fingerprint density at radius 2 is 1.65 bits per heavy atom. The second kappa shape index (κ2) is 18.0. The van der Waals surface area contributed by atoms with Crippen LogP contribution in [-0.4, -0.2) is 97.8 Å². The van der Waals surface area contributed by atoms with Crippen LogP contribution >= 0.6 is 0 Å². The van der Waals surface area contributed by atoms with Crippen molar-refractivity contribution >= 4 is 23.9 Å². The molecule has 0 radical (unpaired) electrons. The number of para-hydroxylation sites is 1. The Kier molecular flexibility index (Phi) is 13.7. The highest BCUT2D eigenvalue weighted by atomic mass is 16.6. The van der Waals surface area contributed by atoms with E-state index in [0.29, 0.717) is 82.1 Å². The van der Waals surface area contributed by atoms with Crippen molar-refractivity contribution < 1.29 is 42.8 Å². The van der Waals surface area contributed by atoms with Crippen molar-refractivity contribution in [3.63, 3.8) is 0 Å². The molecule has 3 amide bonds. The molecule has 55 heavy (non-hydrogen) atoms. The summed E-state index contributed by atoms with van der Waals surface area (Å²) in [5, 5.41) is 5.87. The van der Waals surface area contributed by atoms with E-state index < -0.39 is 35.0 Å². The standard InChI is InChI=1S/C41H59N5O9/c1-8-41(9-2)25-35(47)46(37(42)45-41)32-23-28(26-52-21-20-51-19-18-50-17-16-43-38(49)55-39(3,4)5)53-33-15-14-27(22-30(32)33)36(48)44-31-24-40(6,7)54-34-13-11-10-12-29(31)34/h10-15,22,28,31-32H,8-9,16-21,23-26H2,1-7H3,(H2,42,45)(H,43,49)(H,44,48)/t28-,31-,32+/m0/s1. The van der Waals surface area contributed by atoms with Crippen LogP contribution in [0.1, 0.15) is 114 Å². The third-order valence-corrected chi connectivity index (χ3v) is 10.0. The van der Waals surface area contributed by atoms with Gasteiger partial charge in [-0.25, -0.2) is 9.79 Å². The number of nitrogens with one attached hydrogen (secondary N) is 2. The van der Waals surface area contributed by atoms with Crippen molar-refractivity contribution in [2.24, 2.45) is 10.7 Å². The van der Waals surface area contributed by atoms with Crippen LogP contribution in [0.25, 0.3) is 0 Å². The van der Waals surface area contributed by atoms with E-state index in [1.165, 1.54) is 0 Å². The number of nitrogens with zero attached hydrogens (tertiary/aromatic N) is 2. The number of guanidine groups is 1. The smallest absolute Gasteiger partial charge is 0.407 e. The summed E-state index contributed by atoms with van der Waals surface area (Å²) in [6.45, 7) is 15.8. The fourth-order valence-corrected chi connectivity index (χ4v) is 7.20. The minimum atomic E-state index is -0.552. The molecular weight excluding hydrogens is 706 g/mol. The molecule has 2 aromatic carbocycles. The summed E-state index contributed by atoms with van der Waals surface area (Å²) >= 11 is 0. The number of nitrogens with two attached hydrogens (primary N) is 1. The quantitative estimate of drug-likeness (QED) is 0.183. The first kappa shape index (κ1) is 41.8. The largest absolute Gasteiger partial charge is 0.488 e. The van der Waals surface area contributed by atoms with Gasteiger partial charge in [0.25, 0.3) is 5.91 Å². The van der Waals surface area contributed by atoms with Crippen molar-refractivity contribution in [1.82, 2.24) is 15.5 Å². The van der Waals surface area contributed by atoms with Crippen LogP contribution in [-0.2, 0) is 23.7 Å². The lowest BCUT2D eigenvalue weighted by Crippen LogP contribution is -2.54. The minimum Gasteiger partial charge on any atom is -0.488 e. The van der Waals surface area contributed by atoms with Gasteiger partial charge >= 0.3 is 6.09 Å². The number of hydrogen-bond acceptors (Lipinski definition) is 11. The maximum absolute atomic E-state index is 13.9. The monoisotopic (exact) mass is 765 g/mol. The van der Waals surface area contributed by atoms with E-state index in [0.717, 1.165) is 11.3 Å². The average Bonchev–Trinajstić information content (AvgIpc) is 3.12. The van der Waals surface area contributed by atoms with Crippen molar-refractivity contribution in [3.05, 3.63) is 59.2 Å². The number of hydrogen-bond donors (Lipinski definition) is 3. The van der Waals surface area contributed by atoms with E-state index in [2.05, 4.69) is 10.6 Å². The van der Waals surface area contributed by atoms with Crippen molar-refractivity contribution in [2.45, 2.75) is 115 Å². The molecule has 3 aliphatic rings. The van der Waals surface area contributed by atoms with Crippen LogP contribution in [0, 0.1) is 0 Å². The maximum atomic E-state index is 13.9. The van der Waals surface area contributed by atoms with Gasteiger partial charge < -0.3 is 44.8 Å². The summed E-state index contributed by atoms with van der Waals surface area (Å²) < 4.78 is 34.9. The lowest BCUT2D eigenvalue weighted by molar-refractivity contribution is -0.132. The van der Waals surface area contributed by atoms with Gasteiger partial charge in [-0.1, -0.05) is 32.0 Å². The molecule has 4 N–H and O–H groups in total. The summed E-state index contributed by atoms with van der Waals surface area (Å²) in [6.07, 6.45) is 1.75. The number of fused-ring (bicyclic) bond motifs is 2. The van der Waals surface area contributed by atoms with Crippen molar-refractivity contribution in [2.75, 3.05) is 46.2 Å². The highest BCUT2D eigenvalue weighted by molar-refractivity contribution is 6.00. The second-order valence-corrected chi connectivity index (χ2v) is 15.9. The van der Waals surface area contributed by atoms with E-state index in [4.69, 9.17) is 39.1 Å². The average molecular weight is 766 g/mol. The molecule has 5 rings (SSSR count). The topological polar surface area (TPSA) is 172 Å². The zero-order valence-corrected chi connectivity index (χ0v) is 33.4. The number of carbonyl (C=O) groups excluding carboxylic acids is 3. The summed E-state index contributed by atoms with van der Waals surface area (Å²) in [7, 11) is 0. The third-order valence-electron chi connectivity index (χ3n) is 10.0. The van der Waals surface area contributed by atoms with Crippen LogP contribution in [0.5, 0.6) is 11.5 Å². The molecule has 0 aliphatic carbocycles. The Morgan fingerprint density at radius 3 is 2.35 bits per heavy atom. The molecular formula is C41H59N5O9. The molecule has 0 aromatic heterocycles. The number of ether oxygens (including phenoxy) is 6. The highest BCUT2D eigenvalue weighted by Crippen LogP contribution is 2.43. The molecule has 3 atom stereocenters. The summed E-state index contributed by atoms with van der Waals surface area (Å²) in [6, 6.07) is 12.3. The Balaban J connectivity index is 1.20. The molecule has 0 spiro atoms. The first-order valence-corrected chi connectivity index (χ1v) is 19.4. The minimum absolute atomic E-state index is 0.110. The van der Waals surface area contributed by atoms with E-state index in [-0.39, 0.29) is 36.8 Å². The van der Waals surface area contributed by atoms with Crippen LogP contribution in [0.15, 0.2) is 47.5 Å². The fraction of sp³-hybridized carbons (Fsp3) is 0.610. The summed E-state index contributed by atoms with van der Waals surface area (Å²) in [5.41, 5.74) is 7.12. The summed E-state index contributed by atoms with van der Waals surface area (Å²) in [5.74, 6) is 1.13. The third kappa shape index (κ3) is 11.1. The molecule has 14 heteroatoms. The van der Waals surface area contributed by atoms with Gasteiger partial charge in [-0.15, -0.1) is 0 Å². The number of rotatable bonds is 16.